The molecule has 2 heterocycles. The molecule has 1 fully saturated rings. The maximum absolute atomic E-state index is 11.8. The summed E-state index contributed by atoms with van der Waals surface area (Å²) >= 11 is 1.63. The summed E-state index contributed by atoms with van der Waals surface area (Å²) in [5.41, 5.74) is 0.578. The van der Waals surface area contributed by atoms with Gasteiger partial charge in [0.05, 0.1) is 5.69 Å². The number of carbonyl (C=O) groups is 1. The number of aromatic nitrogens is 2. The highest BCUT2D eigenvalue weighted by atomic mass is 32.2. The smallest absolute Gasteiger partial charge is 0.407 e. The first-order valence-corrected chi connectivity index (χ1v) is 9.63. The van der Waals surface area contributed by atoms with Gasteiger partial charge in [0.15, 0.2) is 0 Å². The van der Waals surface area contributed by atoms with Crippen LogP contribution in [0.5, 0.6) is 0 Å². The maximum Gasteiger partial charge on any atom is 0.407 e. The lowest BCUT2D eigenvalue weighted by molar-refractivity contribution is 0.0506. The van der Waals surface area contributed by atoms with Crippen molar-refractivity contribution in [3.8, 4) is 0 Å². The Kier molecular flexibility index (Phi) is 6.86. The van der Waals surface area contributed by atoms with Crippen LogP contribution in [-0.4, -0.2) is 52.5 Å². The Balaban J connectivity index is 1.82. The number of thioether (sulfide) groups is 1. The number of ether oxygens (including phenoxy) is 1. The van der Waals surface area contributed by atoms with Crippen molar-refractivity contribution < 1.29 is 9.53 Å². The molecular formula is C17H28N4O2S. The SMILES string of the molecule is CSc1nccnc1CN1CCC[C@@H](CNC(=O)OC(C)(C)C)C1. The van der Waals surface area contributed by atoms with E-state index in [4.69, 9.17) is 4.74 Å². The lowest BCUT2D eigenvalue weighted by Crippen LogP contribution is -2.42. The number of carbonyl (C=O) groups excluding carboxylic acids is 1. The van der Waals surface area contributed by atoms with E-state index < -0.39 is 5.60 Å². The van der Waals surface area contributed by atoms with Gasteiger partial charge in [-0.3, -0.25) is 9.88 Å². The summed E-state index contributed by atoms with van der Waals surface area (Å²) in [4.78, 5) is 23.0. The Bertz CT molecular complexity index is 548. The van der Waals surface area contributed by atoms with Crippen molar-refractivity contribution in [2.75, 3.05) is 25.9 Å². The van der Waals surface area contributed by atoms with E-state index in [2.05, 4.69) is 20.2 Å². The van der Waals surface area contributed by atoms with Crippen LogP contribution in [0, 0.1) is 5.92 Å². The molecule has 1 aromatic rings. The minimum atomic E-state index is -0.455. The van der Waals surface area contributed by atoms with Crippen molar-refractivity contribution in [2.45, 2.75) is 50.8 Å². The summed E-state index contributed by atoms with van der Waals surface area (Å²) in [5, 5.41) is 3.89. The minimum Gasteiger partial charge on any atom is -0.444 e. The summed E-state index contributed by atoms with van der Waals surface area (Å²) in [7, 11) is 0. The van der Waals surface area contributed by atoms with Crippen molar-refractivity contribution in [3.63, 3.8) is 0 Å². The van der Waals surface area contributed by atoms with E-state index in [-0.39, 0.29) is 6.09 Å². The summed E-state index contributed by atoms with van der Waals surface area (Å²) < 4.78 is 5.30. The van der Waals surface area contributed by atoms with E-state index in [1.54, 1.807) is 24.2 Å². The Morgan fingerprint density at radius 1 is 1.42 bits per heavy atom. The number of amides is 1. The molecule has 1 aromatic heterocycles. The second-order valence-corrected chi connectivity index (χ2v) is 7.93. The van der Waals surface area contributed by atoms with Gasteiger partial charge in [-0.05, 0) is 52.3 Å². The normalized spacial score (nSPS) is 19.1. The van der Waals surface area contributed by atoms with Gasteiger partial charge in [-0.1, -0.05) is 0 Å². The van der Waals surface area contributed by atoms with E-state index in [1.807, 2.05) is 27.0 Å². The van der Waals surface area contributed by atoms with Gasteiger partial charge in [0.25, 0.3) is 0 Å². The summed E-state index contributed by atoms with van der Waals surface area (Å²) in [5.74, 6) is 0.445. The van der Waals surface area contributed by atoms with Crippen LogP contribution in [-0.2, 0) is 11.3 Å². The molecule has 1 N–H and O–H groups in total. The third kappa shape index (κ3) is 6.28. The van der Waals surface area contributed by atoms with Gasteiger partial charge in [-0.2, -0.15) is 0 Å². The molecule has 0 saturated carbocycles. The molecule has 2 rings (SSSR count). The first-order chi connectivity index (χ1) is 11.4. The summed E-state index contributed by atoms with van der Waals surface area (Å²) in [6.07, 6.45) is 7.44. The zero-order valence-corrected chi connectivity index (χ0v) is 15.9. The van der Waals surface area contributed by atoms with Crippen molar-refractivity contribution in [3.05, 3.63) is 18.1 Å². The fraction of sp³-hybridized carbons (Fsp3) is 0.706. The Morgan fingerprint density at radius 2 is 2.17 bits per heavy atom. The van der Waals surface area contributed by atoms with Gasteiger partial charge in [-0.15, -0.1) is 11.8 Å². The highest BCUT2D eigenvalue weighted by Gasteiger charge is 2.23. The molecule has 134 valence electrons. The number of nitrogens with one attached hydrogen (secondary N) is 1. The van der Waals surface area contributed by atoms with Crippen molar-refractivity contribution in [1.29, 1.82) is 0 Å². The van der Waals surface area contributed by atoms with Gasteiger partial charge >= 0.3 is 6.09 Å². The average molecular weight is 353 g/mol. The molecule has 0 radical (unpaired) electrons. The van der Waals surface area contributed by atoms with E-state index in [9.17, 15) is 4.79 Å². The molecular weight excluding hydrogens is 324 g/mol. The van der Waals surface area contributed by atoms with Crippen LogP contribution in [0.4, 0.5) is 4.79 Å². The third-order valence-corrected chi connectivity index (χ3v) is 4.57. The van der Waals surface area contributed by atoms with Crippen LogP contribution in [0.15, 0.2) is 17.4 Å². The van der Waals surface area contributed by atoms with E-state index in [0.29, 0.717) is 12.5 Å². The molecule has 0 unspecified atom stereocenters. The van der Waals surface area contributed by atoms with Crippen LogP contribution in [0.1, 0.15) is 39.3 Å². The molecule has 1 atom stereocenters. The van der Waals surface area contributed by atoms with Crippen LogP contribution in [0.2, 0.25) is 0 Å². The Labute approximate surface area is 148 Å². The summed E-state index contributed by atoms with van der Waals surface area (Å²) in [6.45, 7) is 9.11. The molecule has 6 nitrogen and oxygen atoms in total. The number of nitrogens with zero attached hydrogens (tertiary/aromatic N) is 3. The number of rotatable bonds is 5. The van der Waals surface area contributed by atoms with Crippen molar-refractivity contribution in [2.24, 2.45) is 5.92 Å². The third-order valence-electron chi connectivity index (χ3n) is 3.84. The molecule has 1 aliphatic rings. The molecule has 0 spiro atoms. The van der Waals surface area contributed by atoms with E-state index >= 15 is 0 Å². The van der Waals surface area contributed by atoms with Gasteiger partial charge in [0.1, 0.15) is 10.6 Å². The maximum atomic E-state index is 11.8. The topological polar surface area (TPSA) is 67.4 Å². The van der Waals surface area contributed by atoms with E-state index in [0.717, 1.165) is 43.2 Å². The molecule has 7 heteroatoms. The van der Waals surface area contributed by atoms with Crippen LogP contribution in [0.3, 0.4) is 0 Å². The molecule has 0 aliphatic carbocycles. The molecule has 0 aromatic carbocycles. The fourth-order valence-corrected chi connectivity index (χ4v) is 3.37. The Morgan fingerprint density at radius 3 is 2.88 bits per heavy atom. The lowest BCUT2D eigenvalue weighted by Gasteiger charge is -2.32. The molecule has 0 bridgehead atoms. The summed E-state index contributed by atoms with van der Waals surface area (Å²) in [6, 6.07) is 0. The highest BCUT2D eigenvalue weighted by molar-refractivity contribution is 7.98. The average Bonchev–Trinajstić information content (AvgIpc) is 2.52. The Hall–Kier alpha value is -1.34. The van der Waals surface area contributed by atoms with Crippen LogP contribution < -0.4 is 5.32 Å². The van der Waals surface area contributed by atoms with Crippen LogP contribution in [0.25, 0.3) is 0 Å². The van der Waals surface area contributed by atoms with Gasteiger partial charge in [0.2, 0.25) is 0 Å². The van der Waals surface area contributed by atoms with E-state index in [1.165, 1.54) is 0 Å². The second-order valence-electron chi connectivity index (χ2n) is 7.14. The largest absolute Gasteiger partial charge is 0.444 e. The van der Waals surface area contributed by atoms with Crippen molar-refractivity contribution in [1.82, 2.24) is 20.2 Å². The van der Waals surface area contributed by atoms with Gasteiger partial charge in [0, 0.05) is 32.0 Å². The molecule has 1 aliphatic heterocycles. The lowest BCUT2D eigenvalue weighted by atomic mass is 9.98. The molecule has 1 amide bonds. The first-order valence-electron chi connectivity index (χ1n) is 8.40. The van der Waals surface area contributed by atoms with Gasteiger partial charge < -0.3 is 10.1 Å². The van der Waals surface area contributed by atoms with Crippen molar-refractivity contribution >= 4 is 17.9 Å². The quantitative estimate of drug-likeness (QED) is 0.822. The monoisotopic (exact) mass is 352 g/mol. The minimum absolute atomic E-state index is 0.335. The van der Waals surface area contributed by atoms with Gasteiger partial charge in [-0.25, -0.2) is 9.78 Å². The van der Waals surface area contributed by atoms with Crippen LogP contribution >= 0.6 is 11.8 Å². The number of hydrogen-bond acceptors (Lipinski definition) is 6. The standard InChI is InChI=1S/C17H28N4O2S/c1-17(2,3)23-16(22)20-10-13-6-5-9-21(11-13)12-14-15(24-4)19-8-7-18-14/h7-8,13H,5-6,9-12H2,1-4H3,(H,20,22)/t13-/m0/s1. The number of alkyl carbamates (subject to hydrolysis) is 1. The zero-order chi connectivity index (χ0) is 17.6. The molecule has 24 heavy (non-hydrogen) atoms. The fourth-order valence-electron chi connectivity index (χ4n) is 2.85. The molecule has 1 saturated heterocycles. The second kappa shape index (κ2) is 8.67. The zero-order valence-electron chi connectivity index (χ0n) is 15.0. The highest BCUT2D eigenvalue weighted by Crippen LogP contribution is 2.21. The predicted molar refractivity (Wildman–Crippen MR) is 96.1 cm³/mol. The number of piperidine rings is 1. The first kappa shape index (κ1) is 19.0. The number of hydrogen-bond donors (Lipinski definition) is 1. The predicted octanol–water partition coefficient (Wildman–Crippen LogP) is 2.94. The number of likely N-dealkylation sites (tertiary alicyclic amines) is 1.